The van der Waals surface area contributed by atoms with Crippen LogP contribution in [-0.4, -0.2) is 37.4 Å². The summed E-state index contributed by atoms with van der Waals surface area (Å²) in [5.41, 5.74) is 1.18. The number of halogens is 1. The molecule has 1 aliphatic rings. The minimum Gasteiger partial charge on any atom is -0.368 e. The molecular formula is C12H16ClN3. The van der Waals surface area contributed by atoms with Crippen molar-refractivity contribution >= 4 is 24.0 Å². The number of nitrogens with zero attached hydrogens (tertiary/aromatic N) is 3. The van der Waals surface area contributed by atoms with Crippen LogP contribution in [0.2, 0.25) is 5.02 Å². The van der Waals surface area contributed by atoms with Crippen LogP contribution in [0.3, 0.4) is 0 Å². The smallest absolute Gasteiger partial charge is 0.0618 e. The van der Waals surface area contributed by atoms with Gasteiger partial charge in [0.15, 0.2) is 0 Å². The third-order valence-corrected chi connectivity index (χ3v) is 3.18. The van der Waals surface area contributed by atoms with Gasteiger partial charge >= 0.3 is 0 Å². The minimum absolute atomic E-state index is 0.394. The van der Waals surface area contributed by atoms with Crippen LogP contribution >= 0.6 is 11.6 Å². The van der Waals surface area contributed by atoms with E-state index in [0.717, 1.165) is 24.7 Å². The quantitative estimate of drug-likeness (QED) is 0.736. The van der Waals surface area contributed by atoms with Crippen LogP contribution in [0.25, 0.3) is 0 Å². The molecule has 0 aromatic heterocycles. The van der Waals surface area contributed by atoms with Crippen molar-refractivity contribution in [1.29, 1.82) is 0 Å². The molecule has 1 atom stereocenters. The van der Waals surface area contributed by atoms with Gasteiger partial charge in [0.1, 0.15) is 0 Å². The maximum Gasteiger partial charge on any atom is 0.0618 e. The normalized spacial score (nSPS) is 21.0. The van der Waals surface area contributed by atoms with E-state index in [2.05, 4.69) is 29.7 Å². The van der Waals surface area contributed by atoms with Gasteiger partial charge in [-0.2, -0.15) is 5.10 Å². The number of benzene rings is 1. The molecule has 4 heteroatoms. The Kier molecular flexibility index (Phi) is 3.34. The molecule has 1 unspecified atom stereocenters. The molecule has 1 aliphatic heterocycles. The topological polar surface area (TPSA) is 18.8 Å². The standard InChI is InChI=1S/C12H16ClN3/c1-10-9-15(6-7-16(10)14-2)12-5-3-4-11(13)8-12/h3-5,8,10H,2,6-7,9H2,1H3. The van der Waals surface area contributed by atoms with E-state index in [9.17, 15) is 0 Å². The van der Waals surface area contributed by atoms with E-state index in [-0.39, 0.29) is 0 Å². The van der Waals surface area contributed by atoms with Crippen LogP contribution in [0.5, 0.6) is 0 Å². The van der Waals surface area contributed by atoms with Crippen LogP contribution in [0.4, 0.5) is 5.69 Å². The van der Waals surface area contributed by atoms with Crippen LogP contribution in [0.1, 0.15) is 6.92 Å². The lowest BCUT2D eigenvalue weighted by Gasteiger charge is -2.39. The fourth-order valence-corrected chi connectivity index (χ4v) is 2.25. The Hall–Kier alpha value is -1.22. The first-order valence-corrected chi connectivity index (χ1v) is 5.82. The molecule has 16 heavy (non-hydrogen) atoms. The molecule has 0 amide bonds. The predicted molar refractivity (Wildman–Crippen MR) is 69.4 cm³/mol. The van der Waals surface area contributed by atoms with Crippen LogP contribution in [-0.2, 0) is 0 Å². The largest absolute Gasteiger partial charge is 0.368 e. The summed E-state index contributed by atoms with van der Waals surface area (Å²) in [6.45, 7) is 8.57. The van der Waals surface area contributed by atoms with Gasteiger partial charge in [0.05, 0.1) is 12.6 Å². The lowest BCUT2D eigenvalue weighted by atomic mass is 10.2. The Bertz CT molecular complexity index is 380. The van der Waals surface area contributed by atoms with Crippen molar-refractivity contribution in [3.8, 4) is 0 Å². The van der Waals surface area contributed by atoms with Crippen molar-refractivity contribution in [2.75, 3.05) is 24.5 Å². The number of anilines is 1. The van der Waals surface area contributed by atoms with E-state index in [1.165, 1.54) is 5.69 Å². The van der Waals surface area contributed by atoms with Crippen molar-refractivity contribution in [3.05, 3.63) is 29.3 Å². The molecule has 2 rings (SSSR count). The second-order valence-electron chi connectivity index (χ2n) is 4.08. The first-order valence-electron chi connectivity index (χ1n) is 5.44. The molecule has 0 spiro atoms. The van der Waals surface area contributed by atoms with Crippen molar-refractivity contribution in [2.45, 2.75) is 13.0 Å². The fraction of sp³-hybridized carbons (Fsp3) is 0.417. The second-order valence-corrected chi connectivity index (χ2v) is 4.52. The predicted octanol–water partition coefficient (Wildman–Crippen LogP) is 2.47. The average molecular weight is 238 g/mol. The molecular weight excluding hydrogens is 222 g/mol. The molecule has 1 saturated heterocycles. The molecule has 0 N–H and O–H groups in total. The Labute approximate surface area is 101 Å². The van der Waals surface area contributed by atoms with E-state index < -0.39 is 0 Å². The number of hydrogen-bond acceptors (Lipinski definition) is 3. The van der Waals surface area contributed by atoms with E-state index in [1.807, 2.05) is 23.2 Å². The highest BCUT2D eigenvalue weighted by atomic mass is 35.5. The summed E-state index contributed by atoms with van der Waals surface area (Å²) in [4.78, 5) is 2.33. The van der Waals surface area contributed by atoms with Gasteiger partial charge in [0.2, 0.25) is 0 Å². The summed E-state index contributed by atoms with van der Waals surface area (Å²) >= 11 is 5.99. The molecule has 0 saturated carbocycles. The summed E-state index contributed by atoms with van der Waals surface area (Å²) in [5.74, 6) is 0. The first-order chi connectivity index (χ1) is 7.70. The lowest BCUT2D eigenvalue weighted by molar-refractivity contribution is 0.200. The molecule has 1 aromatic carbocycles. The monoisotopic (exact) mass is 237 g/mol. The molecule has 1 fully saturated rings. The SMILES string of the molecule is C=NN1CCN(c2cccc(Cl)c2)CC1C. The van der Waals surface area contributed by atoms with E-state index in [4.69, 9.17) is 11.6 Å². The van der Waals surface area contributed by atoms with Crippen molar-refractivity contribution in [1.82, 2.24) is 5.01 Å². The van der Waals surface area contributed by atoms with E-state index >= 15 is 0 Å². The van der Waals surface area contributed by atoms with Gasteiger partial charge in [-0.05, 0) is 25.1 Å². The Balaban J connectivity index is 2.10. The second kappa shape index (κ2) is 4.74. The van der Waals surface area contributed by atoms with Crippen LogP contribution < -0.4 is 4.90 Å². The third-order valence-electron chi connectivity index (χ3n) is 2.95. The first kappa shape index (κ1) is 11.3. The number of rotatable bonds is 2. The van der Waals surface area contributed by atoms with Crippen molar-refractivity contribution in [2.24, 2.45) is 5.10 Å². The molecule has 1 aromatic rings. The third kappa shape index (κ3) is 2.30. The van der Waals surface area contributed by atoms with E-state index in [0.29, 0.717) is 6.04 Å². The Morgan fingerprint density at radius 1 is 1.44 bits per heavy atom. The summed E-state index contributed by atoms with van der Waals surface area (Å²) in [6, 6.07) is 8.38. The van der Waals surface area contributed by atoms with Gasteiger partial charge in [0.25, 0.3) is 0 Å². The van der Waals surface area contributed by atoms with Gasteiger partial charge in [-0.25, -0.2) is 0 Å². The molecule has 1 heterocycles. The molecule has 86 valence electrons. The van der Waals surface area contributed by atoms with Gasteiger partial charge in [-0.15, -0.1) is 0 Å². The molecule has 0 bridgehead atoms. The maximum absolute atomic E-state index is 5.99. The van der Waals surface area contributed by atoms with Crippen LogP contribution in [0, 0.1) is 0 Å². The lowest BCUT2D eigenvalue weighted by Crippen LogP contribution is -2.49. The summed E-state index contributed by atoms with van der Waals surface area (Å²) in [5, 5.41) is 6.82. The molecule has 0 aliphatic carbocycles. The number of hydrazone groups is 1. The highest BCUT2D eigenvalue weighted by molar-refractivity contribution is 6.30. The minimum atomic E-state index is 0.394. The van der Waals surface area contributed by atoms with Crippen LogP contribution in [0.15, 0.2) is 29.4 Å². The highest BCUT2D eigenvalue weighted by Crippen LogP contribution is 2.22. The van der Waals surface area contributed by atoms with Crippen molar-refractivity contribution < 1.29 is 0 Å². The molecule has 0 radical (unpaired) electrons. The zero-order chi connectivity index (χ0) is 11.5. The zero-order valence-corrected chi connectivity index (χ0v) is 10.2. The zero-order valence-electron chi connectivity index (χ0n) is 9.43. The average Bonchev–Trinajstić information content (AvgIpc) is 2.29. The highest BCUT2D eigenvalue weighted by Gasteiger charge is 2.22. The Morgan fingerprint density at radius 2 is 2.25 bits per heavy atom. The number of piperazine rings is 1. The Morgan fingerprint density at radius 3 is 2.88 bits per heavy atom. The summed E-state index contributed by atoms with van der Waals surface area (Å²) in [7, 11) is 0. The molecule has 3 nitrogen and oxygen atoms in total. The van der Waals surface area contributed by atoms with Crippen molar-refractivity contribution in [3.63, 3.8) is 0 Å². The summed E-state index contributed by atoms with van der Waals surface area (Å²) < 4.78 is 0. The number of hydrogen-bond donors (Lipinski definition) is 0. The van der Waals surface area contributed by atoms with Gasteiger partial charge in [-0.3, -0.25) is 5.01 Å². The van der Waals surface area contributed by atoms with Gasteiger partial charge in [0, 0.05) is 30.5 Å². The fourth-order valence-electron chi connectivity index (χ4n) is 2.07. The summed E-state index contributed by atoms with van der Waals surface area (Å²) in [6.07, 6.45) is 0. The van der Waals surface area contributed by atoms with Gasteiger partial charge in [-0.1, -0.05) is 17.7 Å². The maximum atomic E-state index is 5.99. The van der Waals surface area contributed by atoms with Gasteiger partial charge < -0.3 is 4.90 Å². The van der Waals surface area contributed by atoms with E-state index in [1.54, 1.807) is 0 Å².